The number of carbonyl (C=O) groups excluding carboxylic acids is 1. The number of nitrogens with zero attached hydrogens (tertiary/aromatic N) is 1. The number of benzene rings is 3. The van der Waals surface area contributed by atoms with E-state index in [-0.39, 0.29) is 0 Å². The van der Waals surface area contributed by atoms with Gasteiger partial charge in [0.05, 0.1) is 5.57 Å². The smallest absolute Gasteiger partial charge is 0.341 e. The van der Waals surface area contributed by atoms with Crippen molar-refractivity contribution in [3.05, 3.63) is 106 Å². The number of ether oxygens (including phenoxy) is 1. The molecule has 0 aliphatic carbocycles. The van der Waals surface area contributed by atoms with Crippen LogP contribution in [-0.4, -0.2) is 25.2 Å². The molecule has 1 unspecified atom stereocenters. The van der Waals surface area contributed by atoms with E-state index in [1.807, 2.05) is 73.6 Å². The maximum Gasteiger partial charge on any atom is 0.341 e. The number of hydrogen-bond acceptors (Lipinski definition) is 4. The summed E-state index contributed by atoms with van der Waals surface area (Å²) in [6, 6.07) is 24.1. The highest BCUT2D eigenvalue weighted by Crippen LogP contribution is 2.44. The summed E-state index contributed by atoms with van der Waals surface area (Å²) in [7, 11) is 3.91. The van der Waals surface area contributed by atoms with Crippen LogP contribution in [0.2, 0.25) is 5.02 Å². The molecule has 0 fully saturated rings. The van der Waals surface area contributed by atoms with Crippen LogP contribution in [0.3, 0.4) is 0 Å². The van der Waals surface area contributed by atoms with Gasteiger partial charge in [0.1, 0.15) is 0 Å². The quantitative estimate of drug-likeness (QED) is 0.603. The van der Waals surface area contributed by atoms with Crippen molar-refractivity contribution in [1.29, 1.82) is 0 Å². The van der Waals surface area contributed by atoms with Gasteiger partial charge < -0.3 is 14.7 Å². The first-order valence-corrected chi connectivity index (χ1v) is 10.0. The Labute approximate surface area is 181 Å². The van der Waals surface area contributed by atoms with Crippen LogP contribution >= 0.6 is 11.6 Å². The maximum absolute atomic E-state index is 13.0. The number of rotatable bonds is 5. The number of anilines is 1. The Hall–Kier alpha value is -3.08. The molecule has 3 aromatic carbocycles. The van der Waals surface area contributed by atoms with Gasteiger partial charge in [0, 0.05) is 42.4 Å². The van der Waals surface area contributed by atoms with Gasteiger partial charge in [-0.15, -0.1) is 0 Å². The highest BCUT2D eigenvalue weighted by Gasteiger charge is 2.48. The molecule has 0 bridgehead atoms. The van der Waals surface area contributed by atoms with Crippen LogP contribution in [0, 0.1) is 0 Å². The second-order valence-corrected chi connectivity index (χ2v) is 7.93. The molecule has 3 aromatic rings. The SMILES string of the molecule is CN(C)c1ccc(C2=C(Cc3ccccc3)C(O)(c3ccc(Cl)cc3)OC2=O)cc1. The lowest BCUT2D eigenvalue weighted by Crippen LogP contribution is -2.29. The molecule has 1 aliphatic rings. The molecule has 0 radical (unpaired) electrons. The average Bonchev–Trinajstić information content (AvgIpc) is 2.99. The zero-order valence-electron chi connectivity index (χ0n) is 16.8. The summed E-state index contributed by atoms with van der Waals surface area (Å²) in [5, 5.41) is 12.1. The molecule has 0 saturated heterocycles. The van der Waals surface area contributed by atoms with E-state index in [9.17, 15) is 9.90 Å². The summed E-state index contributed by atoms with van der Waals surface area (Å²) in [6.45, 7) is 0. The fourth-order valence-corrected chi connectivity index (χ4v) is 3.80. The van der Waals surface area contributed by atoms with Crippen LogP contribution in [0.4, 0.5) is 5.69 Å². The normalized spacial score (nSPS) is 18.5. The molecule has 1 atom stereocenters. The van der Waals surface area contributed by atoms with Gasteiger partial charge in [-0.25, -0.2) is 4.79 Å². The zero-order chi connectivity index (χ0) is 21.3. The summed E-state index contributed by atoms with van der Waals surface area (Å²) < 4.78 is 5.59. The molecule has 152 valence electrons. The predicted octanol–water partition coefficient (Wildman–Crippen LogP) is 4.80. The minimum Gasteiger partial charge on any atom is -0.421 e. The lowest BCUT2D eigenvalue weighted by atomic mass is 9.88. The fraction of sp³-hybridized carbons (Fsp3) is 0.160. The molecule has 30 heavy (non-hydrogen) atoms. The van der Waals surface area contributed by atoms with Crippen LogP contribution in [-0.2, 0) is 21.7 Å². The van der Waals surface area contributed by atoms with Crippen LogP contribution in [0.5, 0.6) is 0 Å². The van der Waals surface area contributed by atoms with Gasteiger partial charge in [-0.05, 0) is 35.4 Å². The number of aliphatic hydroxyl groups is 1. The van der Waals surface area contributed by atoms with Gasteiger partial charge in [0.25, 0.3) is 5.79 Å². The molecular formula is C25H22ClNO3. The number of carbonyl (C=O) groups is 1. The van der Waals surface area contributed by atoms with Gasteiger partial charge in [0.2, 0.25) is 0 Å². The van der Waals surface area contributed by atoms with E-state index in [1.165, 1.54) is 0 Å². The third-order valence-corrected chi connectivity index (χ3v) is 5.54. The lowest BCUT2D eigenvalue weighted by molar-refractivity contribution is -0.185. The number of halogens is 1. The van der Waals surface area contributed by atoms with Crippen molar-refractivity contribution >= 4 is 28.8 Å². The van der Waals surface area contributed by atoms with Crippen molar-refractivity contribution in [2.75, 3.05) is 19.0 Å². The first-order chi connectivity index (χ1) is 14.4. The Kier molecular flexibility index (Phi) is 5.37. The van der Waals surface area contributed by atoms with Crippen LogP contribution in [0.15, 0.2) is 84.4 Å². The number of cyclic esters (lactones) is 1. The summed E-state index contributed by atoms with van der Waals surface area (Å²) in [4.78, 5) is 15.0. The van der Waals surface area contributed by atoms with Crippen molar-refractivity contribution in [1.82, 2.24) is 0 Å². The maximum atomic E-state index is 13.0. The standard InChI is InChI=1S/C25H22ClNO3/c1-27(2)21-14-8-18(9-15-21)23-22(16-17-6-4-3-5-7-17)25(29,30-24(23)28)19-10-12-20(26)13-11-19/h3-15,29H,16H2,1-2H3. The van der Waals surface area contributed by atoms with E-state index in [0.717, 1.165) is 11.3 Å². The highest BCUT2D eigenvalue weighted by molar-refractivity contribution is 6.30. The molecule has 1 aliphatic heterocycles. The molecule has 0 saturated carbocycles. The molecule has 0 spiro atoms. The fourth-order valence-electron chi connectivity index (χ4n) is 3.67. The molecule has 0 aromatic heterocycles. The Morgan fingerprint density at radius 2 is 1.57 bits per heavy atom. The van der Waals surface area contributed by atoms with Gasteiger partial charge in [-0.2, -0.15) is 0 Å². The van der Waals surface area contributed by atoms with Gasteiger partial charge in [-0.3, -0.25) is 0 Å². The minimum absolute atomic E-state index is 0.371. The highest BCUT2D eigenvalue weighted by atomic mass is 35.5. The van der Waals surface area contributed by atoms with E-state index >= 15 is 0 Å². The van der Waals surface area contributed by atoms with E-state index in [4.69, 9.17) is 16.3 Å². The summed E-state index contributed by atoms with van der Waals surface area (Å²) in [5.74, 6) is -2.40. The number of esters is 1. The summed E-state index contributed by atoms with van der Waals surface area (Å²) in [6.07, 6.45) is 0.371. The topological polar surface area (TPSA) is 49.8 Å². The monoisotopic (exact) mass is 419 g/mol. The van der Waals surface area contributed by atoms with Gasteiger partial charge in [0.15, 0.2) is 0 Å². The van der Waals surface area contributed by atoms with E-state index in [1.54, 1.807) is 24.3 Å². The summed E-state index contributed by atoms with van der Waals surface area (Å²) >= 11 is 6.02. The van der Waals surface area contributed by atoms with E-state index < -0.39 is 11.8 Å². The van der Waals surface area contributed by atoms with Crippen molar-refractivity contribution < 1.29 is 14.6 Å². The second kappa shape index (κ2) is 7.98. The summed E-state index contributed by atoms with van der Waals surface area (Å²) in [5.41, 5.74) is 4.07. The molecule has 5 heteroatoms. The molecular weight excluding hydrogens is 398 g/mol. The largest absolute Gasteiger partial charge is 0.421 e. The molecule has 4 nitrogen and oxygen atoms in total. The van der Waals surface area contributed by atoms with Gasteiger partial charge in [-0.1, -0.05) is 66.2 Å². The zero-order valence-corrected chi connectivity index (χ0v) is 17.6. The third-order valence-electron chi connectivity index (χ3n) is 5.29. The molecule has 1 heterocycles. The third kappa shape index (κ3) is 3.72. The molecule has 1 N–H and O–H groups in total. The Morgan fingerprint density at radius 3 is 2.17 bits per heavy atom. The van der Waals surface area contributed by atoms with E-state index in [0.29, 0.717) is 33.7 Å². The molecule has 4 rings (SSSR count). The van der Waals surface area contributed by atoms with Crippen LogP contribution in [0.1, 0.15) is 16.7 Å². The Balaban J connectivity index is 1.87. The second-order valence-electron chi connectivity index (χ2n) is 7.50. The first-order valence-electron chi connectivity index (χ1n) is 9.65. The van der Waals surface area contributed by atoms with Crippen molar-refractivity contribution in [3.63, 3.8) is 0 Å². The molecule has 0 amide bonds. The van der Waals surface area contributed by atoms with Crippen molar-refractivity contribution in [3.8, 4) is 0 Å². The van der Waals surface area contributed by atoms with Crippen molar-refractivity contribution in [2.45, 2.75) is 12.2 Å². The average molecular weight is 420 g/mol. The van der Waals surface area contributed by atoms with Crippen LogP contribution < -0.4 is 4.90 Å². The number of hydrogen-bond donors (Lipinski definition) is 1. The Bertz CT molecular complexity index is 1090. The van der Waals surface area contributed by atoms with Crippen LogP contribution in [0.25, 0.3) is 5.57 Å². The Morgan fingerprint density at radius 1 is 0.933 bits per heavy atom. The minimum atomic E-state index is -1.85. The predicted molar refractivity (Wildman–Crippen MR) is 119 cm³/mol. The van der Waals surface area contributed by atoms with Gasteiger partial charge >= 0.3 is 5.97 Å². The van der Waals surface area contributed by atoms with E-state index in [2.05, 4.69) is 0 Å². The van der Waals surface area contributed by atoms with Crippen molar-refractivity contribution in [2.24, 2.45) is 0 Å². The lowest BCUT2D eigenvalue weighted by Gasteiger charge is -2.25. The first kappa shape index (κ1) is 20.2.